The third kappa shape index (κ3) is 3.24. The topological polar surface area (TPSA) is 85.0 Å². The highest BCUT2D eigenvalue weighted by atomic mass is 31.2. The summed E-state index contributed by atoms with van der Waals surface area (Å²) in [6.07, 6.45) is 1.56. The smallest absolute Gasteiger partial charge is 0.378 e. The second-order valence-electron chi connectivity index (χ2n) is 3.73. The summed E-state index contributed by atoms with van der Waals surface area (Å²) in [5, 5.41) is 1.51. The maximum Gasteiger partial charge on any atom is 0.416 e. The Morgan fingerprint density at radius 1 is 1.60 bits per heavy atom. The zero-order valence-corrected chi connectivity index (χ0v) is 10.1. The molecule has 0 aliphatic carbocycles. The Bertz CT molecular complexity index is 251. The minimum Gasteiger partial charge on any atom is -0.378 e. The van der Waals surface area contributed by atoms with E-state index in [0.717, 1.165) is 12.8 Å². The van der Waals surface area contributed by atoms with Crippen molar-refractivity contribution in [2.45, 2.75) is 32.2 Å². The Hall–Kier alpha value is 0.0300. The molecule has 7 heteroatoms. The average Bonchev–Trinajstić information content (AvgIpc) is 2.17. The standard InChI is InChI=1S/C8H19N2O4P/c1-3-8(4-2)7-13-6-5-10(8)14-15(9,11)12/h3-7H2,1-2H3,(H3,9,11,12). The SMILES string of the molecule is CCC1(CC)COCCN1OP(N)(=O)O. The van der Waals surface area contributed by atoms with Crippen LogP contribution in [0, 0.1) is 0 Å². The molecular weight excluding hydrogens is 219 g/mol. The number of nitrogens with zero attached hydrogens (tertiary/aromatic N) is 1. The van der Waals surface area contributed by atoms with E-state index in [1.807, 2.05) is 13.8 Å². The van der Waals surface area contributed by atoms with E-state index in [0.29, 0.717) is 19.8 Å². The number of hydrogen-bond acceptors (Lipinski definition) is 4. The molecule has 0 saturated carbocycles. The molecule has 0 amide bonds. The summed E-state index contributed by atoms with van der Waals surface area (Å²) in [4.78, 5) is 9.02. The molecule has 1 atom stereocenters. The monoisotopic (exact) mass is 238 g/mol. The van der Waals surface area contributed by atoms with Crippen LogP contribution in [0.3, 0.4) is 0 Å². The summed E-state index contributed by atoms with van der Waals surface area (Å²) in [5.41, 5.74) is 4.67. The maximum absolute atomic E-state index is 11.0. The van der Waals surface area contributed by atoms with Crippen LogP contribution in [0.2, 0.25) is 0 Å². The van der Waals surface area contributed by atoms with Crippen LogP contribution in [-0.2, 0) is 13.9 Å². The van der Waals surface area contributed by atoms with E-state index < -0.39 is 7.75 Å². The molecule has 1 saturated heterocycles. The maximum atomic E-state index is 11.0. The summed E-state index contributed by atoms with van der Waals surface area (Å²) in [7, 11) is -3.97. The van der Waals surface area contributed by atoms with Gasteiger partial charge in [0, 0.05) is 6.54 Å². The first-order chi connectivity index (χ1) is 6.93. The van der Waals surface area contributed by atoms with Crippen molar-refractivity contribution in [2.24, 2.45) is 5.50 Å². The number of hydrogen-bond donors (Lipinski definition) is 2. The van der Waals surface area contributed by atoms with Crippen LogP contribution in [0.15, 0.2) is 0 Å². The van der Waals surface area contributed by atoms with Gasteiger partial charge in [-0.25, -0.2) is 14.7 Å². The van der Waals surface area contributed by atoms with Crippen LogP contribution in [0.4, 0.5) is 0 Å². The van der Waals surface area contributed by atoms with Gasteiger partial charge in [0.25, 0.3) is 0 Å². The molecule has 1 rings (SSSR count). The second kappa shape index (κ2) is 4.91. The van der Waals surface area contributed by atoms with Crippen LogP contribution >= 0.6 is 7.75 Å². The van der Waals surface area contributed by atoms with E-state index in [4.69, 9.17) is 19.8 Å². The second-order valence-corrected chi connectivity index (χ2v) is 5.02. The van der Waals surface area contributed by atoms with Gasteiger partial charge >= 0.3 is 7.75 Å². The molecule has 1 aliphatic heterocycles. The lowest BCUT2D eigenvalue weighted by Gasteiger charge is -2.44. The van der Waals surface area contributed by atoms with Gasteiger partial charge in [0.05, 0.1) is 18.8 Å². The minimum absolute atomic E-state index is 0.337. The predicted molar refractivity (Wildman–Crippen MR) is 55.9 cm³/mol. The molecule has 1 fully saturated rings. The van der Waals surface area contributed by atoms with Gasteiger partial charge in [0.15, 0.2) is 0 Å². The highest BCUT2D eigenvalue weighted by Gasteiger charge is 2.40. The van der Waals surface area contributed by atoms with E-state index in [1.165, 1.54) is 5.06 Å². The van der Waals surface area contributed by atoms with Crippen LogP contribution in [0.25, 0.3) is 0 Å². The Labute approximate surface area is 89.9 Å². The summed E-state index contributed by atoms with van der Waals surface area (Å²) in [6.45, 7) is 5.44. The molecule has 0 aromatic carbocycles. The van der Waals surface area contributed by atoms with Gasteiger partial charge < -0.3 is 9.63 Å². The van der Waals surface area contributed by atoms with Gasteiger partial charge in [-0.3, -0.25) is 0 Å². The van der Waals surface area contributed by atoms with Crippen molar-refractivity contribution in [2.75, 3.05) is 19.8 Å². The number of morpholine rings is 1. The first kappa shape index (κ1) is 13.1. The Morgan fingerprint density at radius 2 is 2.20 bits per heavy atom. The first-order valence-corrected chi connectivity index (χ1v) is 6.74. The summed E-state index contributed by atoms with van der Waals surface area (Å²) < 4.78 is 21.3. The molecule has 1 aliphatic rings. The van der Waals surface area contributed by atoms with E-state index >= 15 is 0 Å². The molecule has 1 unspecified atom stereocenters. The highest BCUT2D eigenvalue weighted by molar-refractivity contribution is 7.50. The number of ether oxygens (including phenoxy) is 1. The summed E-state index contributed by atoms with van der Waals surface area (Å²) in [5.74, 6) is 0. The fourth-order valence-electron chi connectivity index (χ4n) is 1.79. The lowest BCUT2D eigenvalue weighted by Crippen LogP contribution is -2.55. The molecule has 1 heterocycles. The van der Waals surface area contributed by atoms with Crippen LogP contribution in [0.5, 0.6) is 0 Å². The van der Waals surface area contributed by atoms with Crippen molar-refractivity contribution in [1.29, 1.82) is 0 Å². The van der Waals surface area contributed by atoms with Crippen LogP contribution in [0.1, 0.15) is 26.7 Å². The fourth-order valence-corrected chi connectivity index (χ4v) is 2.33. The number of nitrogens with two attached hydrogens (primary N) is 1. The van der Waals surface area contributed by atoms with E-state index in [1.54, 1.807) is 0 Å². The van der Waals surface area contributed by atoms with Gasteiger partial charge in [-0.15, -0.1) is 0 Å². The fraction of sp³-hybridized carbons (Fsp3) is 1.00. The largest absolute Gasteiger partial charge is 0.416 e. The highest BCUT2D eigenvalue weighted by Crippen LogP contribution is 2.39. The number of rotatable bonds is 4. The third-order valence-electron chi connectivity index (χ3n) is 2.87. The van der Waals surface area contributed by atoms with Crippen LogP contribution < -0.4 is 5.50 Å². The third-order valence-corrected chi connectivity index (χ3v) is 3.30. The van der Waals surface area contributed by atoms with Gasteiger partial charge in [-0.05, 0) is 12.8 Å². The Balaban J connectivity index is 2.77. The van der Waals surface area contributed by atoms with Crippen LogP contribution in [-0.4, -0.2) is 35.3 Å². The lowest BCUT2D eigenvalue weighted by atomic mass is 9.92. The molecule has 3 N–H and O–H groups in total. The van der Waals surface area contributed by atoms with Crippen molar-refractivity contribution in [3.05, 3.63) is 0 Å². The zero-order chi connectivity index (χ0) is 11.5. The van der Waals surface area contributed by atoms with Crippen molar-refractivity contribution in [3.63, 3.8) is 0 Å². The molecular formula is C8H19N2O4P. The summed E-state index contributed by atoms with van der Waals surface area (Å²) in [6, 6.07) is 0. The molecule has 0 radical (unpaired) electrons. The van der Waals surface area contributed by atoms with Gasteiger partial charge in [-0.2, -0.15) is 5.06 Å². The van der Waals surface area contributed by atoms with Crippen molar-refractivity contribution in [1.82, 2.24) is 5.06 Å². The van der Waals surface area contributed by atoms with Crippen molar-refractivity contribution >= 4 is 7.75 Å². The Morgan fingerprint density at radius 3 is 2.67 bits per heavy atom. The lowest BCUT2D eigenvalue weighted by molar-refractivity contribution is -0.212. The Kier molecular flexibility index (Phi) is 4.29. The van der Waals surface area contributed by atoms with Gasteiger partial charge in [0.1, 0.15) is 0 Å². The molecule has 90 valence electrons. The quantitative estimate of drug-likeness (QED) is 0.707. The predicted octanol–water partition coefficient (Wildman–Crippen LogP) is 0.868. The first-order valence-electron chi connectivity index (χ1n) is 5.10. The van der Waals surface area contributed by atoms with Gasteiger partial charge in [-0.1, -0.05) is 13.8 Å². The molecule has 6 nitrogen and oxygen atoms in total. The molecule has 0 bridgehead atoms. The van der Waals surface area contributed by atoms with Crippen molar-refractivity contribution < 1.29 is 18.8 Å². The normalized spacial score (nSPS) is 26.1. The minimum atomic E-state index is -3.97. The van der Waals surface area contributed by atoms with E-state index in [2.05, 4.69) is 0 Å². The average molecular weight is 238 g/mol. The summed E-state index contributed by atoms with van der Waals surface area (Å²) >= 11 is 0. The molecule has 0 spiro atoms. The van der Waals surface area contributed by atoms with Gasteiger partial charge in [0.2, 0.25) is 0 Å². The van der Waals surface area contributed by atoms with Crippen molar-refractivity contribution in [3.8, 4) is 0 Å². The number of hydroxylamine groups is 2. The molecule has 15 heavy (non-hydrogen) atoms. The molecule has 0 aromatic heterocycles. The zero-order valence-electron chi connectivity index (χ0n) is 9.18. The van der Waals surface area contributed by atoms with E-state index in [9.17, 15) is 4.57 Å². The molecule has 0 aromatic rings. The van der Waals surface area contributed by atoms with E-state index in [-0.39, 0.29) is 5.54 Å².